The van der Waals surface area contributed by atoms with E-state index < -0.39 is 0 Å². The number of para-hydroxylation sites is 1. The lowest BCUT2D eigenvalue weighted by Gasteiger charge is -2.00. The van der Waals surface area contributed by atoms with E-state index >= 15 is 0 Å². The van der Waals surface area contributed by atoms with Crippen molar-refractivity contribution in [3.05, 3.63) is 51.7 Å². The Balaban J connectivity index is 1.61. The number of nitrogens with one attached hydrogen (secondary N) is 1. The van der Waals surface area contributed by atoms with Crippen molar-refractivity contribution in [3.8, 4) is 0 Å². The van der Waals surface area contributed by atoms with Gasteiger partial charge in [0, 0.05) is 4.88 Å². The van der Waals surface area contributed by atoms with Gasteiger partial charge in [-0.2, -0.15) is 0 Å². The molecule has 0 radical (unpaired) electrons. The monoisotopic (exact) mass is 288 g/mol. The smallest absolute Gasteiger partial charge is 0.225 e. The number of carbonyl (C=O) groups is 1. The minimum absolute atomic E-state index is 0.0432. The van der Waals surface area contributed by atoms with E-state index in [4.69, 9.17) is 0 Å². The van der Waals surface area contributed by atoms with Crippen LogP contribution in [0, 0.1) is 0 Å². The van der Waals surface area contributed by atoms with E-state index in [1.54, 1.807) is 22.7 Å². The van der Waals surface area contributed by atoms with Gasteiger partial charge in [-0.25, -0.2) is 4.98 Å². The Labute approximate surface area is 118 Å². The summed E-state index contributed by atoms with van der Waals surface area (Å²) in [6, 6.07) is 11.9. The number of nitrogens with zero attached hydrogens (tertiary/aromatic N) is 1. The van der Waals surface area contributed by atoms with Gasteiger partial charge < -0.3 is 5.32 Å². The molecule has 2 aromatic heterocycles. The molecule has 5 heteroatoms. The summed E-state index contributed by atoms with van der Waals surface area (Å²) in [5.74, 6) is 0.0432. The second kappa shape index (κ2) is 5.50. The summed E-state index contributed by atoms with van der Waals surface area (Å²) in [5, 5.41) is 5.84. The summed E-state index contributed by atoms with van der Waals surface area (Å²) in [7, 11) is 0. The average Bonchev–Trinajstić information content (AvgIpc) is 3.04. The fourth-order valence-corrected chi connectivity index (χ4v) is 3.41. The van der Waals surface area contributed by atoms with Crippen LogP contribution in [0.15, 0.2) is 41.8 Å². The molecule has 0 aliphatic heterocycles. The van der Waals surface area contributed by atoms with Crippen LogP contribution in [0.25, 0.3) is 10.2 Å². The molecule has 0 aliphatic carbocycles. The van der Waals surface area contributed by atoms with Gasteiger partial charge in [-0.05, 0) is 23.6 Å². The van der Waals surface area contributed by atoms with Gasteiger partial charge in [-0.15, -0.1) is 22.7 Å². The molecule has 0 aliphatic rings. The van der Waals surface area contributed by atoms with Crippen LogP contribution in [0.3, 0.4) is 0 Å². The van der Waals surface area contributed by atoms with Crippen molar-refractivity contribution in [2.45, 2.75) is 13.0 Å². The highest BCUT2D eigenvalue weighted by molar-refractivity contribution is 7.18. The van der Waals surface area contributed by atoms with Crippen molar-refractivity contribution in [1.29, 1.82) is 0 Å². The number of amides is 1. The van der Waals surface area contributed by atoms with Gasteiger partial charge in [0.2, 0.25) is 5.91 Å². The largest absolute Gasteiger partial charge is 0.349 e. The average molecular weight is 288 g/mol. The molecule has 1 N–H and O–H groups in total. The molecule has 0 fully saturated rings. The molecule has 3 nitrogen and oxygen atoms in total. The summed E-state index contributed by atoms with van der Waals surface area (Å²) >= 11 is 3.23. The maximum atomic E-state index is 11.8. The van der Waals surface area contributed by atoms with Crippen LogP contribution in [0.1, 0.15) is 9.88 Å². The molecule has 3 rings (SSSR count). The molecule has 1 aromatic carbocycles. The Morgan fingerprint density at radius 3 is 2.89 bits per heavy atom. The SMILES string of the molecule is O=C(Cc1cccs1)NCc1nc2ccccc2s1. The van der Waals surface area contributed by atoms with Gasteiger partial charge in [0.25, 0.3) is 0 Å². The van der Waals surface area contributed by atoms with E-state index in [1.165, 1.54) is 0 Å². The van der Waals surface area contributed by atoms with E-state index in [0.29, 0.717) is 13.0 Å². The number of rotatable bonds is 4. The molecule has 0 spiro atoms. The molecule has 2 heterocycles. The topological polar surface area (TPSA) is 42.0 Å². The van der Waals surface area contributed by atoms with Crippen LogP contribution < -0.4 is 5.32 Å². The maximum Gasteiger partial charge on any atom is 0.225 e. The van der Waals surface area contributed by atoms with Crippen molar-refractivity contribution in [3.63, 3.8) is 0 Å². The van der Waals surface area contributed by atoms with Crippen molar-refractivity contribution in [1.82, 2.24) is 10.3 Å². The van der Waals surface area contributed by atoms with Crippen molar-refractivity contribution < 1.29 is 4.79 Å². The predicted octanol–water partition coefficient (Wildman–Crippen LogP) is 3.22. The number of benzene rings is 1. The molecule has 0 saturated carbocycles. The number of hydrogen-bond donors (Lipinski definition) is 1. The van der Waals surface area contributed by atoms with E-state index in [0.717, 1.165) is 20.1 Å². The van der Waals surface area contributed by atoms with Gasteiger partial charge in [0.05, 0.1) is 23.2 Å². The third kappa shape index (κ3) is 3.00. The molecule has 0 saturated heterocycles. The third-order valence-corrected chi connectivity index (χ3v) is 4.60. The van der Waals surface area contributed by atoms with Crippen molar-refractivity contribution in [2.24, 2.45) is 0 Å². The second-order valence-electron chi connectivity index (χ2n) is 4.11. The minimum Gasteiger partial charge on any atom is -0.349 e. The lowest BCUT2D eigenvalue weighted by atomic mass is 10.3. The third-order valence-electron chi connectivity index (χ3n) is 2.69. The molecule has 1 amide bonds. The zero-order valence-electron chi connectivity index (χ0n) is 10.1. The van der Waals surface area contributed by atoms with Crippen LogP contribution in [0.2, 0.25) is 0 Å². The van der Waals surface area contributed by atoms with E-state index in [2.05, 4.69) is 10.3 Å². The molecular formula is C14H12N2OS2. The number of thiazole rings is 1. The molecule has 0 bridgehead atoms. The number of carbonyl (C=O) groups excluding carboxylic acids is 1. The van der Waals surface area contributed by atoms with Crippen LogP contribution in [0.4, 0.5) is 0 Å². The standard InChI is InChI=1S/C14H12N2OS2/c17-13(8-10-4-3-7-18-10)15-9-14-16-11-5-1-2-6-12(11)19-14/h1-7H,8-9H2,(H,15,17). The molecule has 19 heavy (non-hydrogen) atoms. The molecule has 3 aromatic rings. The van der Waals surface area contributed by atoms with E-state index in [-0.39, 0.29) is 5.91 Å². The first-order valence-electron chi connectivity index (χ1n) is 5.95. The Morgan fingerprint density at radius 1 is 1.21 bits per heavy atom. The van der Waals surface area contributed by atoms with Gasteiger partial charge in [0.15, 0.2) is 0 Å². The molecule has 0 atom stereocenters. The lowest BCUT2D eigenvalue weighted by Crippen LogP contribution is -2.24. The highest BCUT2D eigenvalue weighted by Crippen LogP contribution is 2.21. The first-order valence-corrected chi connectivity index (χ1v) is 7.64. The summed E-state index contributed by atoms with van der Waals surface area (Å²) in [5.41, 5.74) is 0.995. The van der Waals surface area contributed by atoms with Gasteiger partial charge in [0.1, 0.15) is 5.01 Å². The van der Waals surface area contributed by atoms with Crippen LogP contribution in [0.5, 0.6) is 0 Å². The quantitative estimate of drug-likeness (QED) is 0.801. The highest BCUT2D eigenvalue weighted by Gasteiger charge is 2.07. The lowest BCUT2D eigenvalue weighted by molar-refractivity contribution is -0.120. The summed E-state index contributed by atoms with van der Waals surface area (Å²) < 4.78 is 1.16. The predicted molar refractivity (Wildman–Crippen MR) is 79.5 cm³/mol. The Kier molecular flexibility index (Phi) is 3.57. The maximum absolute atomic E-state index is 11.8. The van der Waals surface area contributed by atoms with Gasteiger partial charge in [-0.3, -0.25) is 4.79 Å². The van der Waals surface area contributed by atoms with Crippen molar-refractivity contribution in [2.75, 3.05) is 0 Å². The normalized spacial score (nSPS) is 10.7. The van der Waals surface area contributed by atoms with Crippen LogP contribution in [-0.2, 0) is 17.8 Å². The Hall–Kier alpha value is -1.72. The summed E-state index contributed by atoms with van der Waals surface area (Å²) in [6.07, 6.45) is 0.447. The van der Waals surface area contributed by atoms with Gasteiger partial charge in [-0.1, -0.05) is 18.2 Å². The Morgan fingerprint density at radius 2 is 2.11 bits per heavy atom. The van der Waals surface area contributed by atoms with Gasteiger partial charge >= 0.3 is 0 Å². The first kappa shape index (κ1) is 12.3. The number of hydrogen-bond acceptors (Lipinski definition) is 4. The van der Waals surface area contributed by atoms with Crippen LogP contribution >= 0.6 is 22.7 Å². The zero-order valence-corrected chi connectivity index (χ0v) is 11.8. The highest BCUT2D eigenvalue weighted by atomic mass is 32.1. The molecule has 96 valence electrons. The van der Waals surface area contributed by atoms with Crippen LogP contribution in [-0.4, -0.2) is 10.9 Å². The fraction of sp³-hybridized carbons (Fsp3) is 0.143. The zero-order chi connectivity index (χ0) is 13.1. The second-order valence-corrected chi connectivity index (χ2v) is 6.26. The molecular weight excluding hydrogens is 276 g/mol. The summed E-state index contributed by atoms with van der Waals surface area (Å²) in [4.78, 5) is 17.3. The fourth-order valence-electron chi connectivity index (χ4n) is 1.80. The summed E-state index contributed by atoms with van der Waals surface area (Å²) in [6.45, 7) is 0.504. The first-order chi connectivity index (χ1) is 9.31. The van der Waals surface area contributed by atoms with Crippen molar-refractivity contribution >= 4 is 38.8 Å². The van der Waals surface area contributed by atoms with E-state index in [1.807, 2.05) is 41.8 Å². The van der Waals surface area contributed by atoms with E-state index in [9.17, 15) is 4.79 Å². The number of aromatic nitrogens is 1. The minimum atomic E-state index is 0.0432. The Bertz CT molecular complexity index is 655. The number of fused-ring (bicyclic) bond motifs is 1. The molecule has 0 unspecified atom stereocenters. The number of thiophene rings is 1.